The minimum Gasteiger partial charge on any atom is -0.493 e. The Labute approximate surface area is 180 Å². The van der Waals surface area contributed by atoms with Gasteiger partial charge in [0.2, 0.25) is 5.88 Å². The number of fused-ring (bicyclic) bond motifs is 1. The molecule has 2 heterocycles. The third-order valence-corrected chi connectivity index (χ3v) is 5.59. The van der Waals surface area contributed by atoms with E-state index in [4.69, 9.17) is 16.3 Å². The standard InChI is InChI=1S/C20H18BrClN4O3/c21-13-5-6-17-15(11-13)18(20(28)26(17)12-25-7-9-29-10-8-25)23-24-19(27)14-3-1-2-4-16(14)22/h1-6,11,28H,7-10,12H2. The van der Waals surface area contributed by atoms with Gasteiger partial charge in [0, 0.05) is 22.9 Å². The van der Waals surface area contributed by atoms with Crippen molar-refractivity contribution < 1.29 is 14.6 Å². The van der Waals surface area contributed by atoms with Crippen LogP contribution in [0.2, 0.25) is 5.02 Å². The molecule has 3 aromatic rings. The first kappa shape index (κ1) is 20.0. The predicted octanol–water partition coefficient (Wildman–Crippen LogP) is 4.98. The number of morpholine rings is 1. The molecule has 1 fully saturated rings. The van der Waals surface area contributed by atoms with Crippen LogP contribution in [0.1, 0.15) is 10.4 Å². The van der Waals surface area contributed by atoms with Crippen LogP contribution in [0.5, 0.6) is 5.88 Å². The van der Waals surface area contributed by atoms with Gasteiger partial charge >= 0.3 is 0 Å². The van der Waals surface area contributed by atoms with Crippen molar-refractivity contribution in [2.75, 3.05) is 26.3 Å². The van der Waals surface area contributed by atoms with Gasteiger partial charge in [-0.25, -0.2) is 0 Å². The van der Waals surface area contributed by atoms with E-state index >= 15 is 0 Å². The van der Waals surface area contributed by atoms with Gasteiger partial charge in [-0.2, -0.15) is 0 Å². The van der Waals surface area contributed by atoms with Gasteiger partial charge in [-0.3, -0.25) is 14.3 Å². The fourth-order valence-corrected chi connectivity index (χ4v) is 3.84. The van der Waals surface area contributed by atoms with Gasteiger partial charge in [-0.1, -0.05) is 39.7 Å². The van der Waals surface area contributed by atoms with Gasteiger partial charge in [0.25, 0.3) is 5.91 Å². The maximum Gasteiger partial charge on any atom is 0.296 e. The Hall–Kier alpha value is -2.26. The Bertz CT molecular complexity index is 1090. The molecule has 29 heavy (non-hydrogen) atoms. The number of aromatic nitrogens is 1. The van der Waals surface area contributed by atoms with Crippen molar-refractivity contribution in [3.05, 3.63) is 57.5 Å². The van der Waals surface area contributed by atoms with Crippen LogP contribution >= 0.6 is 27.5 Å². The lowest BCUT2D eigenvalue weighted by atomic mass is 10.2. The summed E-state index contributed by atoms with van der Waals surface area (Å²) < 4.78 is 7.99. The SMILES string of the molecule is O=C(N=Nc1c(O)n(CN2CCOCC2)c2ccc(Br)cc12)c1ccccc1Cl. The molecule has 2 aromatic carbocycles. The van der Waals surface area contributed by atoms with Crippen molar-refractivity contribution >= 4 is 50.0 Å². The molecule has 1 aliphatic heterocycles. The first-order chi connectivity index (χ1) is 14.0. The summed E-state index contributed by atoms with van der Waals surface area (Å²) in [5, 5.41) is 19.8. The van der Waals surface area contributed by atoms with Crippen molar-refractivity contribution in [2.24, 2.45) is 10.2 Å². The number of carbonyl (C=O) groups is 1. The van der Waals surface area contributed by atoms with E-state index in [1.165, 1.54) is 0 Å². The zero-order valence-electron chi connectivity index (χ0n) is 15.4. The van der Waals surface area contributed by atoms with E-state index in [0.717, 1.165) is 23.1 Å². The highest BCUT2D eigenvalue weighted by Gasteiger charge is 2.20. The Kier molecular flexibility index (Phi) is 5.96. The molecule has 150 valence electrons. The van der Waals surface area contributed by atoms with Crippen LogP contribution in [0.15, 0.2) is 57.2 Å². The highest BCUT2D eigenvalue weighted by atomic mass is 79.9. The second kappa shape index (κ2) is 8.62. The van der Waals surface area contributed by atoms with Crippen molar-refractivity contribution in [2.45, 2.75) is 6.67 Å². The highest BCUT2D eigenvalue weighted by molar-refractivity contribution is 9.10. The van der Waals surface area contributed by atoms with Gasteiger partial charge in [-0.15, -0.1) is 10.2 Å². The molecule has 1 N–H and O–H groups in total. The number of aromatic hydroxyl groups is 1. The van der Waals surface area contributed by atoms with Crippen LogP contribution in [0.25, 0.3) is 10.9 Å². The number of amides is 1. The molecule has 1 amide bonds. The number of azo groups is 1. The van der Waals surface area contributed by atoms with Crippen LogP contribution in [0.4, 0.5) is 5.69 Å². The molecule has 0 saturated carbocycles. The van der Waals surface area contributed by atoms with Crippen molar-refractivity contribution in [3.8, 4) is 5.88 Å². The Morgan fingerprint density at radius 1 is 1.21 bits per heavy atom. The summed E-state index contributed by atoms with van der Waals surface area (Å²) in [5.74, 6) is -0.612. The first-order valence-corrected chi connectivity index (χ1v) is 10.2. The number of ether oxygens (including phenoxy) is 1. The third kappa shape index (κ3) is 4.20. The summed E-state index contributed by atoms with van der Waals surface area (Å²) in [4.78, 5) is 14.6. The Balaban J connectivity index is 1.71. The van der Waals surface area contributed by atoms with E-state index in [9.17, 15) is 9.90 Å². The molecule has 7 nitrogen and oxygen atoms in total. The zero-order chi connectivity index (χ0) is 20.4. The van der Waals surface area contributed by atoms with E-state index < -0.39 is 5.91 Å². The molecule has 0 unspecified atom stereocenters. The minimum atomic E-state index is -0.570. The normalized spacial score (nSPS) is 15.4. The number of rotatable bonds is 4. The number of nitrogens with zero attached hydrogens (tertiary/aromatic N) is 4. The second-order valence-corrected chi connectivity index (χ2v) is 7.94. The quantitative estimate of drug-likeness (QED) is 0.538. The molecular weight excluding hydrogens is 460 g/mol. The fourth-order valence-electron chi connectivity index (χ4n) is 3.26. The van der Waals surface area contributed by atoms with E-state index in [-0.39, 0.29) is 17.1 Å². The fraction of sp³-hybridized carbons (Fsp3) is 0.250. The first-order valence-electron chi connectivity index (χ1n) is 9.06. The molecule has 1 aromatic heterocycles. The van der Waals surface area contributed by atoms with Crippen LogP contribution in [-0.4, -0.2) is 46.8 Å². The summed E-state index contributed by atoms with van der Waals surface area (Å²) >= 11 is 9.51. The molecule has 0 bridgehead atoms. The van der Waals surface area contributed by atoms with Gasteiger partial charge in [0.05, 0.1) is 36.0 Å². The number of carbonyl (C=O) groups excluding carboxylic acids is 1. The molecular formula is C20H18BrClN4O3. The second-order valence-electron chi connectivity index (χ2n) is 6.62. The molecule has 0 atom stereocenters. The number of hydrogen-bond donors (Lipinski definition) is 1. The lowest BCUT2D eigenvalue weighted by Crippen LogP contribution is -2.37. The van der Waals surface area contributed by atoms with E-state index in [1.807, 2.05) is 18.2 Å². The topological polar surface area (TPSA) is 79.4 Å². The van der Waals surface area contributed by atoms with Crippen LogP contribution in [-0.2, 0) is 11.4 Å². The van der Waals surface area contributed by atoms with Crippen LogP contribution < -0.4 is 0 Å². The Morgan fingerprint density at radius 2 is 1.97 bits per heavy atom. The van der Waals surface area contributed by atoms with Crippen molar-refractivity contribution in [1.29, 1.82) is 0 Å². The molecule has 9 heteroatoms. The molecule has 0 radical (unpaired) electrons. The van der Waals surface area contributed by atoms with Crippen molar-refractivity contribution in [1.82, 2.24) is 9.47 Å². The van der Waals surface area contributed by atoms with Crippen LogP contribution in [0.3, 0.4) is 0 Å². The monoisotopic (exact) mass is 476 g/mol. The summed E-state index contributed by atoms with van der Waals surface area (Å²) in [6.07, 6.45) is 0. The summed E-state index contributed by atoms with van der Waals surface area (Å²) in [6.45, 7) is 3.35. The zero-order valence-corrected chi connectivity index (χ0v) is 17.7. The number of hydrogen-bond acceptors (Lipinski definition) is 5. The van der Waals surface area contributed by atoms with Gasteiger partial charge < -0.3 is 9.84 Å². The lowest BCUT2D eigenvalue weighted by Gasteiger charge is -2.27. The molecule has 0 aliphatic carbocycles. The minimum absolute atomic E-state index is 0.0414. The van der Waals surface area contributed by atoms with Crippen molar-refractivity contribution in [3.63, 3.8) is 0 Å². The summed E-state index contributed by atoms with van der Waals surface area (Å²) in [7, 11) is 0. The van der Waals surface area contributed by atoms with Crippen LogP contribution in [0, 0.1) is 0 Å². The predicted molar refractivity (Wildman–Crippen MR) is 114 cm³/mol. The smallest absolute Gasteiger partial charge is 0.296 e. The van der Waals surface area contributed by atoms with E-state index in [2.05, 4.69) is 31.1 Å². The third-order valence-electron chi connectivity index (χ3n) is 4.76. The largest absolute Gasteiger partial charge is 0.493 e. The summed E-state index contributed by atoms with van der Waals surface area (Å²) in [6, 6.07) is 12.3. The van der Waals surface area contributed by atoms with Gasteiger partial charge in [-0.05, 0) is 30.3 Å². The molecule has 1 aliphatic rings. The Morgan fingerprint density at radius 3 is 2.72 bits per heavy atom. The molecule has 0 spiro atoms. The maximum atomic E-state index is 12.4. The molecule has 1 saturated heterocycles. The van der Waals surface area contributed by atoms with Gasteiger partial charge in [0.1, 0.15) is 0 Å². The molecule has 4 rings (SSSR count). The lowest BCUT2D eigenvalue weighted by molar-refractivity contribution is 0.0231. The summed E-state index contributed by atoms with van der Waals surface area (Å²) in [5.41, 5.74) is 1.31. The average Bonchev–Trinajstić information content (AvgIpc) is 2.98. The van der Waals surface area contributed by atoms with Gasteiger partial charge in [0.15, 0.2) is 5.69 Å². The van der Waals surface area contributed by atoms with E-state index in [0.29, 0.717) is 30.3 Å². The number of benzene rings is 2. The van der Waals surface area contributed by atoms with E-state index in [1.54, 1.807) is 28.8 Å². The maximum absolute atomic E-state index is 12.4. The average molecular weight is 478 g/mol. The number of halogens is 2. The highest BCUT2D eigenvalue weighted by Crippen LogP contribution is 2.40.